The fourth-order valence-electron chi connectivity index (χ4n) is 1.81. The van der Waals surface area contributed by atoms with Crippen molar-refractivity contribution in [3.05, 3.63) is 23.9 Å². The van der Waals surface area contributed by atoms with Gasteiger partial charge in [-0.15, -0.1) is 24.0 Å². The molecule has 5 nitrogen and oxygen atoms in total. The third kappa shape index (κ3) is 10.4. The first-order valence-corrected chi connectivity index (χ1v) is 7.95. The Morgan fingerprint density at radius 1 is 1.20 bits per heavy atom. The number of aromatic nitrogens is 1. The number of rotatable bonds is 6. The van der Waals surface area contributed by atoms with Crippen LogP contribution in [0.15, 0.2) is 23.3 Å². The molecule has 0 radical (unpaired) electrons. The van der Waals surface area contributed by atoms with Crippen LogP contribution in [0.25, 0.3) is 0 Å². The lowest BCUT2D eigenvalue weighted by atomic mass is 10.1. The lowest BCUT2D eigenvalue weighted by Gasteiger charge is -2.23. The minimum Gasteiger partial charge on any atom is -0.370 e. The number of alkyl halides is 3. The van der Waals surface area contributed by atoms with Crippen molar-refractivity contribution in [3.63, 3.8) is 0 Å². The standard InChI is InChI=1S/C16H26F3N5.HI/c1-5-20-14(24-15(2,3)4)22-10-6-9-21-13-8-7-12(11-23-13)16(17,18)19;/h7-8,11H,5-6,9-10H2,1-4H3,(H,21,23)(H2,20,22,24);1H. The van der Waals surface area contributed by atoms with E-state index in [4.69, 9.17) is 0 Å². The molecule has 0 aliphatic carbocycles. The van der Waals surface area contributed by atoms with Gasteiger partial charge in [0.25, 0.3) is 0 Å². The van der Waals surface area contributed by atoms with Gasteiger partial charge in [0, 0.05) is 31.4 Å². The molecule has 0 aliphatic heterocycles. The molecule has 1 aromatic rings. The van der Waals surface area contributed by atoms with Gasteiger partial charge in [0.1, 0.15) is 5.82 Å². The van der Waals surface area contributed by atoms with Gasteiger partial charge in [-0.2, -0.15) is 13.2 Å². The number of anilines is 1. The van der Waals surface area contributed by atoms with Gasteiger partial charge in [-0.1, -0.05) is 0 Å². The second kappa shape index (κ2) is 10.7. The maximum atomic E-state index is 12.4. The molecule has 1 aromatic heterocycles. The molecule has 9 heteroatoms. The van der Waals surface area contributed by atoms with Crippen LogP contribution in [-0.4, -0.2) is 36.1 Å². The average Bonchev–Trinajstić information content (AvgIpc) is 2.45. The first-order valence-electron chi connectivity index (χ1n) is 7.95. The van der Waals surface area contributed by atoms with Crippen LogP contribution in [0.5, 0.6) is 0 Å². The largest absolute Gasteiger partial charge is 0.417 e. The van der Waals surface area contributed by atoms with Gasteiger partial charge in [0.05, 0.1) is 5.56 Å². The monoisotopic (exact) mass is 473 g/mol. The molecule has 0 saturated heterocycles. The molecule has 25 heavy (non-hydrogen) atoms. The van der Waals surface area contributed by atoms with E-state index in [1.54, 1.807) is 0 Å². The van der Waals surface area contributed by atoms with E-state index >= 15 is 0 Å². The molecule has 3 N–H and O–H groups in total. The maximum absolute atomic E-state index is 12.4. The van der Waals surface area contributed by atoms with Crippen LogP contribution in [0.4, 0.5) is 19.0 Å². The summed E-state index contributed by atoms with van der Waals surface area (Å²) in [6.07, 6.45) is -2.79. The lowest BCUT2D eigenvalue weighted by Crippen LogP contribution is -2.47. The normalized spacial score (nSPS) is 12.4. The highest BCUT2D eigenvalue weighted by molar-refractivity contribution is 14.0. The number of hydrogen-bond acceptors (Lipinski definition) is 3. The molecule has 0 amide bonds. The fraction of sp³-hybridized carbons (Fsp3) is 0.625. The van der Waals surface area contributed by atoms with Crippen LogP contribution in [0, 0.1) is 0 Å². The minimum absolute atomic E-state index is 0. The molecule has 0 bridgehead atoms. The Morgan fingerprint density at radius 2 is 1.88 bits per heavy atom. The van der Waals surface area contributed by atoms with Gasteiger partial charge < -0.3 is 16.0 Å². The Hall–Kier alpha value is -1.26. The molecule has 0 atom stereocenters. The summed E-state index contributed by atoms with van der Waals surface area (Å²) in [6, 6.07) is 2.35. The van der Waals surface area contributed by atoms with E-state index in [9.17, 15) is 13.2 Å². The Kier molecular flexibility index (Phi) is 10.1. The highest BCUT2D eigenvalue weighted by atomic mass is 127. The van der Waals surface area contributed by atoms with Crippen LogP contribution in [-0.2, 0) is 6.18 Å². The highest BCUT2D eigenvalue weighted by Crippen LogP contribution is 2.28. The zero-order valence-corrected chi connectivity index (χ0v) is 17.3. The third-order valence-electron chi connectivity index (χ3n) is 2.84. The van der Waals surface area contributed by atoms with Gasteiger partial charge >= 0.3 is 6.18 Å². The van der Waals surface area contributed by atoms with Crippen molar-refractivity contribution >= 4 is 35.8 Å². The SMILES string of the molecule is CCNC(=NCCCNc1ccc(C(F)(F)F)cn1)NC(C)(C)C.I. The minimum atomic E-state index is -4.36. The van der Waals surface area contributed by atoms with Gasteiger partial charge in [-0.3, -0.25) is 4.99 Å². The average molecular weight is 473 g/mol. The van der Waals surface area contributed by atoms with E-state index in [0.717, 1.165) is 31.2 Å². The van der Waals surface area contributed by atoms with Gasteiger partial charge in [0.2, 0.25) is 0 Å². The van der Waals surface area contributed by atoms with Gasteiger partial charge in [-0.05, 0) is 46.2 Å². The number of nitrogens with zero attached hydrogens (tertiary/aromatic N) is 2. The summed E-state index contributed by atoms with van der Waals surface area (Å²) >= 11 is 0. The summed E-state index contributed by atoms with van der Waals surface area (Å²) in [5.41, 5.74) is -0.829. The van der Waals surface area contributed by atoms with Crippen LogP contribution < -0.4 is 16.0 Å². The molecule has 0 spiro atoms. The van der Waals surface area contributed by atoms with Crippen molar-refractivity contribution in [2.45, 2.75) is 45.8 Å². The number of hydrogen-bond donors (Lipinski definition) is 3. The quantitative estimate of drug-likeness (QED) is 0.254. The Balaban J connectivity index is 0.00000576. The molecule has 1 rings (SSSR count). The molecule has 144 valence electrons. The summed E-state index contributed by atoms with van der Waals surface area (Å²) in [6.45, 7) is 10.1. The number of pyridine rings is 1. The Morgan fingerprint density at radius 3 is 2.36 bits per heavy atom. The van der Waals surface area contributed by atoms with E-state index in [0.29, 0.717) is 18.9 Å². The Labute approximate surface area is 164 Å². The highest BCUT2D eigenvalue weighted by Gasteiger charge is 2.30. The van der Waals surface area contributed by atoms with Crippen molar-refractivity contribution in [2.75, 3.05) is 25.0 Å². The molecular weight excluding hydrogens is 446 g/mol. The molecule has 1 heterocycles. The molecule has 0 aromatic carbocycles. The summed E-state index contributed by atoms with van der Waals surface area (Å²) in [4.78, 5) is 8.23. The van der Waals surface area contributed by atoms with Gasteiger partial charge in [-0.25, -0.2) is 4.98 Å². The molecular formula is C16H27F3IN5. The molecule has 0 unspecified atom stereocenters. The molecule has 0 aliphatic rings. The first-order chi connectivity index (χ1) is 11.1. The summed E-state index contributed by atoms with van der Waals surface area (Å²) in [5.74, 6) is 1.17. The lowest BCUT2D eigenvalue weighted by molar-refractivity contribution is -0.137. The van der Waals surface area contributed by atoms with Crippen LogP contribution in [0.2, 0.25) is 0 Å². The van der Waals surface area contributed by atoms with E-state index in [-0.39, 0.29) is 29.5 Å². The predicted octanol–water partition coefficient (Wildman–Crippen LogP) is 3.87. The van der Waals surface area contributed by atoms with Crippen molar-refractivity contribution in [2.24, 2.45) is 4.99 Å². The number of halogens is 4. The van der Waals surface area contributed by atoms with Crippen molar-refractivity contribution in [1.82, 2.24) is 15.6 Å². The van der Waals surface area contributed by atoms with Crippen LogP contribution in [0.1, 0.15) is 39.7 Å². The van der Waals surface area contributed by atoms with Gasteiger partial charge in [0.15, 0.2) is 5.96 Å². The third-order valence-corrected chi connectivity index (χ3v) is 2.84. The number of nitrogens with one attached hydrogen (secondary N) is 3. The molecule has 0 saturated carbocycles. The second-order valence-corrected chi connectivity index (χ2v) is 6.35. The summed E-state index contributed by atoms with van der Waals surface area (Å²) in [7, 11) is 0. The van der Waals surface area contributed by atoms with E-state index < -0.39 is 11.7 Å². The van der Waals surface area contributed by atoms with E-state index in [1.165, 1.54) is 6.07 Å². The zero-order valence-electron chi connectivity index (χ0n) is 15.0. The Bertz CT molecular complexity index is 524. The van der Waals surface area contributed by atoms with E-state index in [1.807, 2.05) is 6.92 Å². The fourth-order valence-corrected chi connectivity index (χ4v) is 1.81. The zero-order chi connectivity index (χ0) is 18.2. The van der Waals surface area contributed by atoms with Crippen LogP contribution in [0.3, 0.4) is 0 Å². The predicted molar refractivity (Wildman–Crippen MR) is 107 cm³/mol. The maximum Gasteiger partial charge on any atom is 0.417 e. The second-order valence-electron chi connectivity index (χ2n) is 6.35. The first kappa shape index (κ1) is 23.7. The molecule has 0 fully saturated rings. The topological polar surface area (TPSA) is 61.3 Å². The van der Waals surface area contributed by atoms with Crippen molar-refractivity contribution in [1.29, 1.82) is 0 Å². The number of aliphatic imine (C=N–C) groups is 1. The smallest absolute Gasteiger partial charge is 0.370 e. The van der Waals surface area contributed by atoms with Crippen molar-refractivity contribution in [3.8, 4) is 0 Å². The van der Waals surface area contributed by atoms with E-state index in [2.05, 4.69) is 46.7 Å². The van der Waals surface area contributed by atoms with Crippen molar-refractivity contribution < 1.29 is 13.2 Å². The summed E-state index contributed by atoms with van der Waals surface area (Å²) < 4.78 is 37.3. The summed E-state index contributed by atoms with van der Waals surface area (Å²) in [5, 5.41) is 9.44. The number of guanidine groups is 1. The van der Waals surface area contributed by atoms with Crippen LogP contribution >= 0.6 is 24.0 Å².